The van der Waals surface area contributed by atoms with Gasteiger partial charge in [0.05, 0.1) is 5.56 Å². The Hall–Kier alpha value is -2.42. The second-order valence-corrected chi connectivity index (χ2v) is 3.70. The smallest absolute Gasteiger partial charge is 0.335 e. The fourth-order valence-electron chi connectivity index (χ4n) is 1.23. The lowest BCUT2D eigenvalue weighted by Gasteiger charge is -1.89. The largest absolute Gasteiger partial charge is 0.478 e. The van der Waals surface area contributed by atoms with Gasteiger partial charge in [-0.3, -0.25) is 4.79 Å². The minimum atomic E-state index is -0.879. The van der Waals surface area contributed by atoms with Crippen LogP contribution < -0.4 is 0 Å². The van der Waals surface area contributed by atoms with E-state index in [2.05, 4.69) is 0 Å². The Balaban J connectivity index is 0.000000180. The first-order chi connectivity index (χ1) is 8.63. The summed E-state index contributed by atoms with van der Waals surface area (Å²) in [5, 5.41) is 8.38. The zero-order chi connectivity index (χ0) is 13.4. The van der Waals surface area contributed by atoms with Crippen LogP contribution in [-0.4, -0.2) is 17.4 Å². The number of carbonyl (C=O) groups is 2. The molecule has 3 heteroatoms. The maximum Gasteiger partial charge on any atom is 0.335 e. The van der Waals surface area contributed by atoms with E-state index in [1.165, 1.54) is 5.56 Å². The third-order valence-corrected chi connectivity index (χ3v) is 2.23. The first-order valence-electron chi connectivity index (χ1n) is 5.43. The van der Waals surface area contributed by atoms with Gasteiger partial charge in [0.25, 0.3) is 0 Å². The number of benzene rings is 2. The summed E-state index contributed by atoms with van der Waals surface area (Å²) in [7, 11) is 0. The molecule has 0 heterocycles. The molecule has 0 aromatic heterocycles. The highest BCUT2D eigenvalue weighted by molar-refractivity contribution is 5.87. The van der Waals surface area contributed by atoms with Crippen molar-refractivity contribution < 1.29 is 14.7 Å². The van der Waals surface area contributed by atoms with Crippen LogP contribution in [0.3, 0.4) is 0 Å². The molecule has 0 spiro atoms. The lowest BCUT2D eigenvalue weighted by molar-refractivity contribution is 0.0696. The maximum absolute atomic E-state index is 10.2. The topological polar surface area (TPSA) is 54.4 Å². The average molecular weight is 242 g/mol. The molecule has 0 unspecified atom stereocenters. The van der Waals surface area contributed by atoms with E-state index in [4.69, 9.17) is 5.11 Å². The maximum atomic E-state index is 10.2. The zero-order valence-corrected chi connectivity index (χ0v) is 10.0. The zero-order valence-electron chi connectivity index (χ0n) is 10.0. The van der Waals surface area contributed by atoms with Crippen LogP contribution in [0.25, 0.3) is 0 Å². The predicted octanol–water partition coefficient (Wildman–Crippen LogP) is 3.19. The molecule has 0 fully saturated rings. The Morgan fingerprint density at radius 1 is 1.00 bits per heavy atom. The average Bonchev–Trinajstić information content (AvgIpc) is 2.41. The highest BCUT2D eigenvalue weighted by atomic mass is 16.4. The van der Waals surface area contributed by atoms with Crippen LogP contribution in [-0.2, 0) is 0 Å². The van der Waals surface area contributed by atoms with Crippen molar-refractivity contribution in [2.24, 2.45) is 0 Å². The molecule has 92 valence electrons. The molecule has 0 atom stereocenters. The van der Waals surface area contributed by atoms with Crippen molar-refractivity contribution in [3.05, 3.63) is 71.3 Å². The van der Waals surface area contributed by atoms with Gasteiger partial charge in [-0.1, -0.05) is 48.0 Å². The van der Waals surface area contributed by atoms with Crippen molar-refractivity contribution in [2.45, 2.75) is 6.92 Å². The van der Waals surface area contributed by atoms with Gasteiger partial charge < -0.3 is 5.11 Å². The van der Waals surface area contributed by atoms with Gasteiger partial charge in [-0.15, -0.1) is 0 Å². The quantitative estimate of drug-likeness (QED) is 0.823. The SMILES string of the molecule is Cc1ccc(C=O)cc1.O=C(O)c1ccccc1. The summed E-state index contributed by atoms with van der Waals surface area (Å²) in [5.74, 6) is -0.879. The summed E-state index contributed by atoms with van der Waals surface area (Å²) in [6.45, 7) is 1.99. The predicted molar refractivity (Wildman–Crippen MR) is 70.0 cm³/mol. The molecule has 0 aliphatic heterocycles. The molecule has 0 bridgehead atoms. The van der Waals surface area contributed by atoms with Crippen LogP contribution in [0.5, 0.6) is 0 Å². The van der Waals surface area contributed by atoms with Gasteiger partial charge in [-0.2, -0.15) is 0 Å². The molecule has 3 nitrogen and oxygen atoms in total. The third kappa shape index (κ3) is 4.61. The van der Waals surface area contributed by atoms with Crippen LogP contribution >= 0.6 is 0 Å². The number of carboxylic acids is 1. The number of carbonyl (C=O) groups excluding carboxylic acids is 1. The number of carboxylic acid groups (broad SMARTS) is 1. The fourth-order valence-corrected chi connectivity index (χ4v) is 1.23. The van der Waals surface area contributed by atoms with Gasteiger partial charge in [0.2, 0.25) is 0 Å². The van der Waals surface area contributed by atoms with Crippen molar-refractivity contribution in [3.8, 4) is 0 Å². The van der Waals surface area contributed by atoms with Gasteiger partial charge in [-0.05, 0) is 19.1 Å². The number of aldehydes is 1. The molecular formula is C15H14O3. The molecule has 1 N–H and O–H groups in total. The molecule has 0 aliphatic carbocycles. The minimum absolute atomic E-state index is 0.331. The molecule has 18 heavy (non-hydrogen) atoms. The van der Waals surface area contributed by atoms with E-state index >= 15 is 0 Å². The minimum Gasteiger partial charge on any atom is -0.478 e. The number of hydrogen-bond acceptors (Lipinski definition) is 2. The third-order valence-electron chi connectivity index (χ3n) is 2.23. The molecule has 2 aromatic carbocycles. The monoisotopic (exact) mass is 242 g/mol. The Morgan fingerprint density at radius 2 is 1.56 bits per heavy atom. The first kappa shape index (κ1) is 13.6. The van der Waals surface area contributed by atoms with Gasteiger partial charge >= 0.3 is 5.97 Å². The van der Waals surface area contributed by atoms with Crippen molar-refractivity contribution >= 4 is 12.3 Å². The summed E-state index contributed by atoms with van der Waals surface area (Å²) in [6, 6.07) is 15.8. The lowest BCUT2D eigenvalue weighted by atomic mass is 10.2. The number of aryl methyl sites for hydroxylation is 1. The Morgan fingerprint density at radius 3 is 1.94 bits per heavy atom. The summed E-state index contributed by atoms with van der Waals surface area (Å²) in [5.41, 5.74) is 2.25. The van der Waals surface area contributed by atoms with E-state index in [0.29, 0.717) is 5.56 Å². The van der Waals surface area contributed by atoms with Crippen LogP contribution in [0.15, 0.2) is 54.6 Å². The van der Waals surface area contributed by atoms with E-state index < -0.39 is 5.97 Å². The fraction of sp³-hybridized carbons (Fsp3) is 0.0667. The standard InChI is InChI=1S/C8H8O.C7H6O2/c1-7-2-4-8(6-9)5-3-7;8-7(9)6-4-2-1-3-5-6/h2-6H,1H3;1-5H,(H,8,9). The number of hydrogen-bond donors (Lipinski definition) is 1. The summed E-state index contributed by atoms with van der Waals surface area (Å²) in [4.78, 5) is 20.3. The van der Waals surface area contributed by atoms with Crippen LogP contribution in [0, 0.1) is 6.92 Å². The Kier molecular flexibility index (Phi) is 5.32. The number of aromatic carboxylic acids is 1. The molecule has 0 radical (unpaired) electrons. The molecule has 2 aromatic rings. The number of rotatable bonds is 2. The van der Waals surface area contributed by atoms with E-state index in [1.54, 1.807) is 30.3 Å². The summed E-state index contributed by atoms with van der Waals surface area (Å²) < 4.78 is 0. The molecule has 0 saturated carbocycles. The van der Waals surface area contributed by atoms with Crippen molar-refractivity contribution in [2.75, 3.05) is 0 Å². The van der Waals surface area contributed by atoms with Crippen LogP contribution in [0.4, 0.5) is 0 Å². The highest BCUT2D eigenvalue weighted by Crippen LogP contribution is 1.99. The van der Waals surface area contributed by atoms with E-state index in [9.17, 15) is 9.59 Å². The van der Waals surface area contributed by atoms with Crippen LogP contribution in [0.1, 0.15) is 26.3 Å². The molecule has 0 aliphatic rings. The molecule has 0 saturated heterocycles. The highest BCUT2D eigenvalue weighted by Gasteiger charge is 1.96. The van der Waals surface area contributed by atoms with Gasteiger partial charge in [-0.25, -0.2) is 4.79 Å². The lowest BCUT2D eigenvalue weighted by Crippen LogP contribution is -1.93. The van der Waals surface area contributed by atoms with E-state index in [1.807, 2.05) is 31.2 Å². The van der Waals surface area contributed by atoms with Gasteiger partial charge in [0.1, 0.15) is 6.29 Å². The summed E-state index contributed by atoms with van der Waals surface area (Å²) >= 11 is 0. The van der Waals surface area contributed by atoms with E-state index in [-0.39, 0.29) is 0 Å². The molecule has 0 amide bonds. The summed E-state index contributed by atoms with van der Waals surface area (Å²) in [6.07, 6.45) is 0.847. The van der Waals surface area contributed by atoms with Crippen LogP contribution in [0.2, 0.25) is 0 Å². The van der Waals surface area contributed by atoms with Crippen molar-refractivity contribution in [1.29, 1.82) is 0 Å². The second kappa shape index (κ2) is 7.01. The van der Waals surface area contributed by atoms with Gasteiger partial charge in [0.15, 0.2) is 0 Å². The van der Waals surface area contributed by atoms with E-state index in [0.717, 1.165) is 11.8 Å². The second-order valence-electron chi connectivity index (χ2n) is 3.70. The molecular weight excluding hydrogens is 228 g/mol. The molecule has 2 rings (SSSR count). The first-order valence-corrected chi connectivity index (χ1v) is 5.43. The normalized spacial score (nSPS) is 8.94. The van der Waals surface area contributed by atoms with Crippen molar-refractivity contribution in [1.82, 2.24) is 0 Å². The van der Waals surface area contributed by atoms with Gasteiger partial charge in [0, 0.05) is 5.56 Å². The Labute approximate surface area is 106 Å². The van der Waals surface area contributed by atoms with Crippen molar-refractivity contribution in [3.63, 3.8) is 0 Å². The Bertz CT molecular complexity index is 501.